The van der Waals surface area contributed by atoms with Gasteiger partial charge in [0.05, 0.1) is 4.88 Å². The van der Waals surface area contributed by atoms with Gasteiger partial charge in [0.15, 0.2) is 0 Å². The van der Waals surface area contributed by atoms with E-state index < -0.39 is 11.8 Å². The fourth-order valence-corrected chi connectivity index (χ4v) is 2.19. The number of hydrogen-bond acceptors (Lipinski definition) is 6. The lowest BCUT2D eigenvalue weighted by Crippen LogP contribution is -2.20. The van der Waals surface area contributed by atoms with Gasteiger partial charge in [-0.2, -0.15) is 0 Å². The van der Waals surface area contributed by atoms with Crippen LogP contribution in [0.1, 0.15) is 10.4 Å². The Morgan fingerprint density at radius 2 is 2.37 bits per heavy atom. The normalized spacial score (nSPS) is 10.4. The van der Waals surface area contributed by atoms with E-state index in [1.807, 2.05) is 11.4 Å². The Balaban J connectivity index is 2.35. The third-order valence-electron chi connectivity index (χ3n) is 2.22. The molecule has 2 rings (SSSR count). The van der Waals surface area contributed by atoms with Crippen LogP contribution in [0.4, 0.5) is 5.88 Å². The van der Waals surface area contributed by atoms with E-state index in [4.69, 9.17) is 10.3 Å². The van der Waals surface area contributed by atoms with Gasteiger partial charge in [0, 0.05) is 7.11 Å². The highest BCUT2D eigenvalue weighted by atomic mass is 32.1. The number of nitrogens with zero attached hydrogens (tertiary/aromatic N) is 1. The zero-order valence-electron chi connectivity index (χ0n) is 10.0. The van der Waals surface area contributed by atoms with Gasteiger partial charge in [0.2, 0.25) is 5.88 Å². The number of nitrogens with one attached hydrogen (secondary N) is 1. The number of hydrogen-bond donors (Lipinski definition) is 2. The van der Waals surface area contributed by atoms with Crippen LogP contribution in [0.5, 0.6) is 0 Å². The Morgan fingerprint density at radius 3 is 2.95 bits per heavy atom. The Kier molecular flexibility index (Phi) is 3.93. The molecule has 8 heteroatoms. The molecule has 0 atom stereocenters. The summed E-state index contributed by atoms with van der Waals surface area (Å²) >= 11 is 1.38. The van der Waals surface area contributed by atoms with Gasteiger partial charge in [-0.1, -0.05) is 11.2 Å². The number of carbonyl (C=O) groups is 2. The van der Waals surface area contributed by atoms with E-state index in [0.29, 0.717) is 5.69 Å². The molecule has 19 heavy (non-hydrogen) atoms. The third-order valence-corrected chi connectivity index (χ3v) is 3.10. The molecule has 0 aliphatic heterocycles. The molecule has 100 valence electrons. The second kappa shape index (κ2) is 5.63. The number of amides is 2. The molecule has 0 aliphatic carbocycles. The van der Waals surface area contributed by atoms with Gasteiger partial charge in [-0.05, 0) is 11.4 Å². The number of carbonyl (C=O) groups excluding carboxylic acids is 2. The summed E-state index contributed by atoms with van der Waals surface area (Å²) in [6, 6.07) is 3.58. The van der Waals surface area contributed by atoms with E-state index in [2.05, 4.69) is 15.2 Å². The number of aromatic nitrogens is 1. The van der Waals surface area contributed by atoms with Crippen molar-refractivity contribution in [1.29, 1.82) is 0 Å². The van der Waals surface area contributed by atoms with Gasteiger partial charge in [-0.3, -0.25) is 14.9 Å². The van der Waals surface area contributed by atoms with Crippen molar-refractivity contribution >= 4 is 29.0 Å². The summed E-state index contributed by atoms with van der Waals surface area (Å²) in [5, 5.41) is 7.99. The quantitative estimate of drug-likeness (QED) is 0.852. The lowest BCUT2D eigenvalue weighted by Gasteiger charge is -2.01. The number of primary amides is 1. The van der Waals surface area contributed by atoms with E-state index in [1.54, 1.807) is 6.07 Å². The van der Waals surface area contributed by atoms with Crippen LogP contribution in [0.3, 0.4) is 0 Å². The molecule has 0 bridgehead atoms. The van der Waals surface area contributed by atoms with Crippen LogP contribution in [-0.4, -0.2) is 30.7 Å². The maximum atomic E-state index is 11.5. The highest BCUT2D eigenvalue weighted by Gasteiger charge is 2.24. The van der Waals surface area contributed by atoms with Crippen molar-refractivity contribution in [3.8, 4) is 10.6 Å². The minimum absolute atomic E-state index is 0.0481. The molecule has 2 heterocycles. The Hall–Kier alpha value is -2.19. The van der Waals surface area contributed by atoms with E-state index >= 15 is 0 Å². The second-order valence-electron chi connectivity index (χ2n) is 3.56. The predicted molar refractivity (Wildman–Crippen MR) is 68.8 cm³/mol. The minimum Gasteiger partial charge on any atom is -0.375 e. The lowest BCUT2D eigenvalue weighted by atomic mass is 10.2. The molecule has 0 saturated heterocycles. The topological polar surface area (TPSA) is 107 Å². The Labute approximate surface area is 112 Å². The zero-order chi connectivity index (χ0) is 13.8. The fourth-order valence-electron chi connectivity index (χ4n) is 1.48. The average Bonchev–Trinajstić information content (AvgIpc) is 2.96. The van der Waals surface area contributed by atoms with Gasteiger partial charge in [-0.15, -0.1) is 11.3 Å². The molecule has 0 aliphatic rings. The summed E-state index contributed by atoms with van der Waals surface area (Å²) in [6.07, 6.45) is 0. The summed E-state index contributed by atoms with van der Waals surface area (Å²) in [5.41, 5.74) is 5.66. The van der Waals surface area contributed by atoms with Crippen LogP contribution in [-0.2, 0) is 9.53 Å². The van der Waals surface area contributed by atoms with Crippen LogP contribution in [0.25, 0.3) is 10.6 Å². The van der Waals surface area contributed by atoms with E-state index in [9.17, 15) is 9.59 Å². The van der Waals surface area contributed by atoms with Crippen molar-refractivity contribution in [2.24, 2.45) is 5.73 Å². The van der Waals surface area contributed by atoms with Crippen LogP contribution >= 0.6 is 11.3 Å². The first-order chi connectivity index (χ1) is 9.13. The summed E-state index contributed by atoms with van der Waals surface area (Å²) in [4.78, 5) is 23.6. The van der Waals surface area contributed by atoms with Gasteiger partial charge < -0.3 is 15.0 Å². The number of ether oxygens (including phenoxy) is 1. The van der Waals surface area contributed by atoms with Crippen molar-refractivity contribution in [3.63, 3.8) is 0 Å². The minimum atomic E-state index is -0.725. The van der Waals surface area contributed by atoms with E-state index in [0.717, 1.165) is 4.88 Å². The number of methoxy groups -OCH3 is 1. The first-order valence-corrected chi connectivity index (χ1v) is 6.13. The van der Waals surface area contributed by atoms with Crippen LogP contribution in [0, 0.1) is 0 Å². The monoisotopic (exact) mass is 281 g/mol. The SMILES string of the molecule is COCC(=O)Nc1onc(-c2cccs2)c1C(N)=O. The molecular formula is C11H11N3O4S. The molecule has 2 aromatic rings. The van der Waals surface area contributed by atoms with Crippen molar-refractivity contribution in [2.45, 2.75) is 0 Å². The van der Waals surface area contributed by atoms with Crippen molar-refractivity contribution in [3.05, 3.63) is 23.1 Å². The van der Waals surface area contributed by atoms with Crippen molar-refractivity contribution in [2.75, 3.05) is 19.0 Å². The van der Waals surface area contributed by atoms with Crippen molar-refractivity contribution in [1.82, 2.24) is 5.16 Å². The number of nitrogens with two attached hydrogens (primary N) is 1. The summed E-state index contributed by atoms with van der Waals surface area (Å²) in [6.45, 7) is -0.159. The average molecular weight is 281 g/mol. The van der Waals surface area contributed by atoms with Crippen LogP contribution < -0.4 is 11.1 Å². The zero-order valence-corrected chi connectivity index (χ0v) is 10.8. The van der Waals surface area contributed by atoms with Crippen molar-refractivity contribution < 1.29 is 18.8 Å². The highest BCUT2D eigenvalue weighted by Crippen LogP contribution is 2.31. The molecule has 2 aromatic heterocycles. The summed E-state index contributed by atoms with van der Waals surface area (Å²) in [7, 11) is 1.38. The van der Waals surface area contributed by atoms with E-state index in [1.165, 1.54) is 18.4 Å². The third kappa shape index (κ3) is 2.80. The first kappa shape index (κ1) is 13.2. The number of thiophene rings is 1. The summed E-state index contributed by atoms with van der Waals surface area (Å²) < 4.78 is 9.63. The van der Waals surface area contributed by atoms with E-state index in [-0.39, 0.29) is 18.1 Å². The largest absolute Gasteiger partial charge is 0.375 e. The van der Waals surface area contributed by atoms with Gasteiger partial charge in [0.25, 0.3) is 11.8 Å². The number of anilines is 1. The molecule has 0 radical (unpaired) electrons. The predicted octanol–water partition coefficient (Wildman–Crippen LogP) is 1.09. The smallest absolute Gasteiger partial charge is 0.256 e. The Morgan fingerprint density at radius 1 is 1.58 bits per heavy atom. The Bertz CT molecular complexity index is 591. The van der Waals surface area contributed by atoms with Crippen LogP contribution in [0.15, 0.2) is 22.0 Å². The molecule has 0 aromatic carbocycles. The molecule has 7 nitrogen and oxygen atoms in total. The molecule has 0 saturated carbocycles. The fraction of sp³-hybridized carbons (Fsp3) is 0.182. The second-order valence-corrected chi connectivity index (χ2v) is 4.51. The first-order valence-electron chi connectivity index (χ1n) is 5.25. The molecule has 0 fully saturated rings. The highest BCUT2D eigenvalue weighted by molar-refractivity contribution is 7.13. The lowest BCUT2D eigenvalue weighted by molar-refractivity contribution is -0.119. The van der Waals surface area contributed by atoms with Gasteiger partial charge >= 0.3 is 0 Å². The number of rotatable bonds is 5. The standard InChI is InChI=1S/C11H11N3O4S/c1-17-5-7(15)13-11-8(10(12)16)9(14-18-11)6-3-2-4-19-6/h2-4H,5H2,1H3,(H2,12,16)(H,13,15). The molecule has 0 spiro atoms. The van der Waals surface area contributed by atoms with Gasteiger partial charge in [-0.25, -0.2) is 0 Å². The maximum Gasteiger partial charge on any atom is 0.256 e. The molecule has 2 amide bonds. The summed E-state index contributed by atoms with van der Waals surface area (Å²) in [5.74, 6) is -1.26. The maximum absolute atomic E-state index is 11.5. The van der Waals surface area contributed by atoms with Crippen LogP contribution in [0.2, 0.25) is 0 Å². The van der Waals surface area contributed by atoms with Gasteiger partial charge in [0.1, 0.15) is 17.9 Å². The molecular weight excluding hydrogens is 270 g/mol. The molecule has 0 unspecified atom stereocenters. The molecule has 3 N–H and O–H groups in total.